The van der Waals surface area contributed by atoms with E-state index in [9.17, 15) is 14.4 Å². The van der Waals surface area contributed by atoms with Crippen molar-refractivity contribution in [3.05, 3.63) is 44.6 Å². The fourth-order valence-corrected chi connectivity index (χ4v) is 2.87. The van der Waals surface area contributed by atoms with E-state index in [1.165, 1.54) is 22.8 Å². The maximum Gasteiger partial charge on any atom is 0.335 e. The molecule has 2 heterocycles. The van der Waals surface area contributed by atoms with Crippen molar-refractivity contribution >= 4 is 16.9 Å². The van der Waals surface area contributed by atoms with Gasteiger partial charge in [0.05, 0.1) is 29.7 Å². The fraction of sp³-hybridized carbons (Fsp3) is 0.438. The number of ether oxygens (including phenoxy) is 1. The van der Waals surface area contributed by atoms with Crippen molar-refractivity contribution < 1.29 is 14.6 Å². The van der Waals surface area contributed by atoms with Crippen LogP contribution in [0.15, 0.2) is 27.8 Å². The summed E-state index contributed by atoms with van der Waals surface area (Å²) in [5.74, 6) is -1.10. The molecule has 0 atom stereocenters. The molecule has 1 aliphatic rings. The summed E-state index contributed by atoms with van der Waals surface area (Å²) in [4.78, 5) is 40.4. The number of hydrogen-bond donors (Lipinski definition) is 2. The molecule has 1 aromatic carbocycles. The third-order valence-electron chi connectivity index (χ3n) is 4.19. The molecule has 1 fully saturated rings. The SMILES string of the molecule is O=C(O)c1ccc2c(=O)n(CCCN3CCOCC3)c(=O)[nH]c2c1. The average molecular weight is 333 g/mol. The Morgan fingerprint density at radius 3 is 2.67 bits per heavy atom. The van der Waals surface area contributed by atoms with Crippen LogP contribution >= 0.6 is 0 Å². The lowest BCUT2D eigenvalue weighted by molar-refractivity contribution is 0.0368. The second-order valence-electron chi connectivity index (χ2n) is 5.76. The number of aromatic nitrogens is 2. The second-order valence-corrected chi connectivity index (χ2v) is 5.76. The molecule has 0 spiro atoms. The van der Waals surface area contributed by atoms with Gasteiger partial charge >= 0.3 is 11.7 Å². The van der Waals surface area contributed by atoms with Crippen molar-refractivity contribution in [1.29, 1.82) is 0 Å². The van der Waals surface area contributed by atoms with Crippen molar-refractivity contribution in [2.75, 3.05) is 32.8 Å². The number of morpholine rings is 1. The monoisotopic (exact) mass is 333 g/mol. The van der Waals surface area contributed by atoms with Crippen LogP contribution in [0.1, 0.15) is 16.8 Å². The molecule has 1 saturated heterocycles. The predicted molar refractivity (Wildman–Crippen MR) is 87.7 cm³/mol. The van der Waals surface area contributed by atoms with Crippen LogP contribution in [0, 0.1) is 0 Å². The number of nitrogens with one attached hydrogen (secondary N) is 1. The largest absolute Gasteiger partial charge is 0.478 e. The first kappa shape index (κ1) is 16.4. The van der Waals surface area contributed by atoms with Gasteiger partial charge in [-0.2, -0.15) is 0 Å². The molecule has 0 saturated carbocycles. The fourth-order valence-electron chi connectivity index (χ4n) is 2.87. The summed E-state index contributed by atoms with van der Waals surface area (Å²) in [6.07, 6.45) is 0.682. The molecular formula is C16H19N3O5. The smallest absolute Gasteiger partial charge is 0.335 e. The number of aromatic carboxylic acids is 1. The van der Waals surface area contributed by atoms with Crippen LogP contribution in [-0.4, -0.2) is 58.4 Å². The Kier molecular flexibility index (Phi) is 4.77. The minimum atomic E-state index is -1.10. The highest BCUT2D eigenvalue weighted by Gasteiger charge is 2.12. The van der Waals surface area contributed by atoms with Crippen LogP contribution in [0.5, 0.6) is 0 Å². The van der Waals surface area contributed by atoms with E-state index in [4.69, 9.17) is 9.84 Å². The summed E-state index contributed by atoms with van der Waals surface area (Å²) in [5, 5.41) is 9.30. The molecule has 3 rings (SSSR count). The second kappa shape index (κ2) is 6.98. The molecule has 24 heavy (non-hydrogen) atoms. The Bertz CT molecular complexity index is 864. The number of H-pyrrole nitrogens is 1. The van der Waals surface area contributed by atoms with Crippen LogP contribution in [-0.2, 0) is 11.3 Å². The van der Waals surface area contributed by atoms with Crippen LogP contribution in [0.3, 0.4) is 0 Å². The third-order valence-corrected chi connectivity index (χ3v) is 4.19. The quantitative estimate of drug-likeness (QED) is 0.805. The molecule has 2 N–H and O–H groups in total. The van der Waals surface area contributed by atoms with Crippen LogP contribution in [0.25, 0.3) is 10.9 Å². The Morgan fingerprint density at radius 2 is 1.96 bits per heavy atom. The first-order valence-electron chi connectivity index (χ1n) is 7.86. The van der Waals surface area contributed by atoms with E-state index in [2.05, 4.69) is 9.88 Å². The number of carboxylic acid groups (broad SMARTS) is 1. The molecule has 128 valence electrons. The number of carbonyl (C=O) groups is 1. The summed E-state index contributed by atoms with van der Waals surface area (Å²) in [7, 11) is 0. The zero-order valence-electron chi connectivity index (χ0n) is 13.2. The van der Waals surface area contributed by atoms with Gasteiger partial charge in [-0.05, 0) is 24.6 Å². The van der Waals surface area contributed by atoms with Gasteiger partial charge in [-0.15, -0.1) is 0 Å². The van der Waals surface area contributed by atoms with E-state index in [1.807, 2.05) is 0 Å². The van der Waals surface area contributed by atoms with Gasteiger partial charge in [0.25, 0.3) is 5.56 Å². The van der Waals surface area contributed by atoms with Gasteiger partial charge in [0, 0.05) is 26.2 Å². The Labute approximate surface area is 137 Å². The summed E-state index contributed by atoms with van der Waals surface area (Å²) in [6.45, 7) is 4.26. The average Bonchev–Trinajstić information content (AvgIpc) is 2.58. The number of fused-ring (bicyclic) bond motifs is 1. The number of aromatic amines is 1. The molecule has 0 unspecified atom stereocenters. The first-order valence-corrected chi connectivity index (χ1v) is 7.86. The summed E-state index contributed by atoms with van der Waals surface area (Å²) >= 11 is 0. The predicted octanol–water partition coefficient (Wildman–Crippen LogP) is 0.110. The highest BCUT2D eigenvalue weighted by Crippen LogP contribution is 2.09. The lowest BCUT2D eigenvalue weighted by Gasteiger charge is -2.26. The van der Waals surface area contributed by atoms with Gasteiger partial charge < -0.3 is 14.8 Å². The van der Waals surface area contributed by atoms with Crippen molar-refractivity contribution in [2.45, 2.75) is 13.0 Å². The number of hydrogen-bond acceptors (Lipinski definition) is 5. The minimum absolute atomic E-state index is 0.0302. The highest BCUT2D eigenvalue weighted by molar-refractivity contribution is 5.92. The number of nitrogens with zero attached hydrogens (tertiary/aromatic N) is 2. The number of benzene rings is 1. The van der Waals surface area contributed by atoms with Gasteiger partial charge in [0.1, 0.15) is 0 Å². The van der Waals surface area contributed by atoms with E-state index in [1.54, 1.807) is 0 Å². The lowest BCUT2D eigenvalue weighted by Crippen LogP contribution is -2.39. The first-order chi connectivity index (χ1) is 11.6. The van der Waals surface area contributed by atoms with Crippen LogP contribution < -0.4 is 11.2 Å². The van der Waals surface area contributed by atoms with E-state index < -0.39 is 17.2 Å². The van der Waals surface area contributed by atoms with E-state index in [0.29, 0.717) is 31.6 Å². The van der Waals surface area contributed by atoms with Crippen molar-refractivity contribution in [3.63, 3.8) is 0 Å². The number of rotatable bonds is 5. The lowest BCUT2D eigenvalue weighted by atomic mass is 10.1. The molecule has 0 aliphatic carbocycles. The summed E-state index contributed by atoms with van der Waals surface area (Å²) < 4.78 is 6.45. The number of carboxylic acids is 1. The molecule has 8 heteroatoms. The van der Waals surface area contributed by atoms with Crippen molar-refractivity contribution in [1.82, 2.24) is 14.5 Å². The normalized spacial score (nSPS) is 15.7. The van der Waals surface area contributed by atoms with Gasteiger partial charge in [-0.1, -0.05) is 0 Å². The molecule has 2 aromatic rings. The van der Waals surface area contributed by atoms with Gasteiger partial charge in [-0.25, -0.2) is 9.59 Å². The Balaban J connectivity index is 1.80. The third kappa shape index (κ3) is 3.39. The van der Waals surface area contributed by atoms with Gasteiger partial charge in [0.2, 0.25) is 0 Å². The Morgan fingerprint density at radius 1 is 1.21 bits per heavy atom. The van der Waals surface area contributed by atoms with E-state index >= 15 is 0 Å². The molecule has 1 aliphatic heterocycles. The Hall–Kier alpha value is -2.45. The maximum atomic E-state index is 12.5. The molecule has 0 bridgehead atoms. The summed E-state index contributed by atoms with van der Waals surface area (Å²) in [5.41, 5.74) is -0.637. The molecule has 8 nitrogen and oxygen atoms in total. The minimum Gasteiger partial charge on any atom is -0.478 e. The highest BCUT2D eigenvalue weighted by atomic mass is 16.5. The summed E-state index contributed by atoms with van der Waals surface area (Å²) in [6, 6.07) is 4.11. The van der Waals surface area contributed by atoms with Gasteiger partial charge in [-0.3, -0.25) is 14.3 Å². The zero-order chi connectivity index (χ0) is 17.1. The molecule has 0 amide bonds. The molecule has 0 radical (unpaired) electrons. The maximum absolute atomic E-state index is 12.5. The van der Waals surface area contributed by atoms with Crippen molar-refractivity contribution in [3.8, 4) is 0 Å². The topological polar surface area (TPSA) is 105 Å². The molecule has 1 aromatic heterocycles. The zero-order valence-corrected chi connectivity index (χ0v) is 13.2. The van der Waals surface area contributed by atoms with Crippen molar-refractivity contribution in [2.24, 2.45) is 0 Å². The van der Waals surface area contributed by atoms with E-state index in [-0.39, 0.29) is 11.1 Å². The van der Waals surface area contributed by atoms with E-state index in [0.717, 1.165) is 19.6 Å². The standard InChI is InChI=1S/C16H19N3O5/c20-14-12-3-2-11(15(21)22)10-13(12)17-16(23)19(14)5-1-4-18-6-8-24-9-7-18/h2-3,10H,1,4-9H2,(H,17,23)(H,21,22). The van der Waals surface area contributed by atoms with Crippen LogP contribution in [0.4, 0.5) is 0 Å². The van der Waals surface area contributed by atoms with Gasteiger partial charge in [0.15, 0.2) is 0 Å². The van der Waals surface area contributed by atoms with Crippen LogP contribution in [0.2, 0.25) is 0 Å². The molecular weight excluding hydrogens is 314 g/mol.